The first-order valence-corrected chi connectivity index (χ1v) is 5.97. The van der Waals surface area contributed by atoms with Crippen molar-refractivity contribution in [3.63, 3.8) is 0 Å². The maximum Gasteiger partial charge on any atom is 0.410 e. The predicted molar refractivity (Wildman–Crippen MR) is 63.2 cm³/mol. The summed E-state index contributed by atoms with van der Waals surface area (Å²) < 4.78 is 5.26. The molecule has 17 heavy (non-hydrogen) atoms. The summed E-state index contributed by atoms with van der Waals surface area (Å²) >= 11 is 0. The highest BCUT2D eigenvalue weighted by Crippen LogP contribution is 2.43. The number of hydrogen-bond donors (Lipinski definition) is 1. The van der Waals surface area contributed by atoms with Crippen LogP contribution in [0.3, 0.4) is 0 Å². The standard InChI is InChI=1S/C13H16N2O2/c14-12-10-6-15(7-11(10)12)13(16)17-8-9-4-2-1-3-5-9/h1-5,10-12H,6-8,14H2. The number of fused-ring (bicyclic) bond motifs is 1. The maximum atomic E-state index is 11.8. The summed E-state index contributed by atoms with van der Waals surface area (Å²) in [6.45, 7) is 1.87. The molecular weight excluding hydrogens is 216 g/mol. The van der Waals surface area contributed by atoms with Crippen LogP contribution in [0, 0.1) is 11.8 Å². The summed E-state index contributed by atoms with van der Waals surface area (Å²) in [7, 11) is 0. The quantitative estimate of drug-likeness (QED) is 0.834. The summed E-state index contributed by atoms with van der Waals surface area (Å²) in [5.41, 5.74) is 6.84. The molecule has 2 aliphatic rings. The number of piperidine rings is 1. The molecule has 1 saturated heterocycles. The van der Waals surface area contributed by atoms with E-state index in [9.17, 15) is 4.79 Å². The fourth-order valence-electron chi connectivity index (χ4n) is 2.53. The van der Waals surface area contributed by atoms with Crippen molar-refractivity contribution in [2.45, 2.75) is 12.6 Å². The van der Waals surface area contributed by atoms with Crippen molar-refractivity contribution in [3.05, 3.63) is 35.9 Å². The molecule has 0 radical (unpaired) electrons. The molecule has 0 spiro atoms. The van der Waals surface area contributed by atoms with Crippen LogP contribution in [0.1, 0.15) is 5.56 Å². The summed E-state index contributed by atoms with van der Waals surface area (Å²) in [6.07, 6.45) is -0.215. The molecule has 1 heterocycles. The Kier molecular flexibility index (Phi) is 2.52. The Balaban J connectivity index is 1.49. The first-order valence-electron chi connectivity index (χ1n) is 5.97. The van der Waals surface area contributed by atoms with Gasteiger partial charge in [0, 0.05) is 19.1 Å². The Hall–Kier alpha value is -1.55. The van der Waals surface area contributed by atoms with Crippen molar-refractivity contribution in [2.24, 2.45) is 17.6 Å². The molecule has 4 nitrogen and oxygen atoms in total. The molecule has 1 aromatic rings. The van der Waals surface area contributed by atoms with Crippen molar-refractivity contribution in [1.82, 2.24) is 4.90 Å². The lowest BCUT2D eigenvalue weighted by Gasteiger charge is -2.18. The van der Waals surface area contributed by atoms with Gasteiger partial charge in [-0.3, -0.25) is 0 Å². The van der Waals surface area contributed by atoms with E-state index >= 15 is 0 Å². The SMILES string of the molecule is NC1C2CN(C(=O)OCc3ccccc3)CC12. The van der Waals surface area contributed by atoms with Gasteiger partial charge in [-0.1, -0.05) is 30.3 Å². The van der Waals surface area contributed by atoms with Crippen LogP contribution in [0.25, 0.3) is 0 Å². The van der Waals surface area contributed by atoms with E-state index in [1.807, 2.05) is 30.3 Å². The number of ether oxygens (including phenoxy) is 1. The van der Waals surface area contributed by atoms with E-state index in [1.54, 1.807) is 4.90 Å². The highest BCUT2D eigenvalue weighted by molar-refractivity contribution is 5.68. The molecule has 2 atom stereocenters. The lowest BCUT2D eigenvalue weighted by molar-refractivity contribution is 0.0999. The molecule has 3 rings (SSSR count). The molecule has 2 N–H and O–H groups in total. The molecular formula is C13H16N2O2. The number of amides is 1. The second-order valence-electron chi connectivity index (χ2n) is 4.85. The third-order valence-electron chi connectivity index (χ3n) is 3.72. The van der Waals surface area contributed by atoms with Crippen molar-refractivity contribution in [3.8, 4) is 0 Å². The molecule has 90 valence electrons. The molecule has 1 amide bonds. The first kappa shape index (κ1) is 10.6. The minimum absolute atomic E-state index is 0.215. The van der Waals surface area contributed by atoms with E-state index in [0.717, 1.165) is 18.7 Å². The number of nitrogens with two attached hydrogens (primary N) is 1. The van der Waals surface area contributed by atoms with E-state index < -0.39 is 0 Å². The number of benzene rings is 1. The van der Waals surface area contributed by atoms with Crippen LogP contribution in [0.5, 0.6) is 0 Å². The van der Waals surface area contributed by atoms with Crippen LogP contribution < -0.4 is 5.73 Å². The highest BCUT2D eigenvalue weighted by Gasteiger charge is 2.54. The van der Waals surface area contributed by atoms with E-state index in [1.165, 1.54) is 0 Å². The normalized spacial score (nSPS) is 29.9. The molecule has 4 heteroatoms. The maximum absolute atomic E-state index is 11.8. The van der Waals surface area contributed by atoms with Crippen LogP contribution in [0.15, 0.2) is 30.3 Å². The number of carbonyl (C=O) groups is 1. The molecule has 2 unspecified atom stereocenters. The number of likely N-dealkylation sites (tertiary alicyclic amines) is 1. The smallest absolute Gasteiger partial charge is 0.410 e. The predicted octanol–water partition coefficient (Wildman–Crippen LogP) is 1.21. The number of nitrogens with zero attached hydrogens (tertiary/aromatic N) is 1. The van der Waals surface area contributed by atoms with Gasteiger partial charge in [-0.05, 0) is 17.4 Å². The van der Waals surface area contributed by atoms with Gasteiger partial charge >= 0.3 is 6.09 Å². The minimum atomic E-state index is -0.215. The van der Waals surface area contributed by atoms with E-state index in [0.29, 0.717) is 24.5 Å². The van der Waals surface area contributed by atoms with Gasteiger partial charge in [-0.25, -0.2) is 4.79 Å². The fraction of sp³-hybridized carbons (Fsp3) is 0.462. The van der Waals surface area contributed by atoms with Gasteiger partial charge in [0.2, 0.25) is 0 Å². The average Bonchev–Trinajstić information content (AvgIpc) is 2.81. The zero-order valence-electron chi connectivity index (χ0n) is 9.58. The highest BCUT2D eigenvalue weighted by atomic mass is 16.6. The molecule has 2 fully saturated rings. The van der Waals surface area contributed by atoms with Crippen molar-refractivity contribution < 1.29 is 9.53 Å². The molecule has 1 aromatic carbocycles. The Morgan fingerprint density at radius 3 is 2.59 bits per heavy atom. The van der Waals surface area contributed by atoms with Crippen LogP contribution >= 0.6 is 0 Å². The van der Waals surface area contributed by atoms with E-state index in [-0.39, 0.29) is 6.09 Å². The Morgan fingerprint density at radius 2 is 1.94 bits per heavy atom. The zero-order valence-corrected chi connectivity index (χ0v) is 9.58. The van der Waals surface area contributed by atoms with Crippen molar-refractivity contribution in [1.29, 1.82) is 0 Å². The third-order valence-corrected chi connectivity index (χ3v) is 3.72. The molecule has 1 aliphatic heterocycles. The van der Waals surface area contributed by atoms with E-state index in [4.69, 9.17) is 10.5 Å². The average molecular weight is 232 g/mol. The Labute approximate surface area is 100 Å². The monoisotopic (exact) mass is 232 g/mol. The van der Waals surface area contributed by atoms with Crippen LogP contribution in [0.4, 0.5) is 4.79 Å². The lowest BCUT2D eigenvalue weighted by Crippen LogP contribution is -2.34. The number of carbonyl (C=O) groups excluding carboxylic acids is 1. The van der Waals surface area contributed by atoms with Gasteiger partial charge < -0.3 is 15.4 Å². The first-order chi connectivity index (χ1) is 8.25. The largest absolute Gasteiger partial charge is 0.445 e. The number of rotatable bonds is 2. The van der Waals surface area contributed by atoms with Crippen molar-refractivity contribution >= 4 is 6.09 Å². The molecule has 0 aromatic heterocycles. The van der Waals surface area contributed by atoms with Gasteiger partial charge in [0.15, 0.2) is 0 Å². The molecule has 1 saturated carbocycles. The van der Waals surface area contributed by atoms with Crippen LogP contribution in [0.2, 0.25) is 0 Å². The van der Waals surface area contributed by atoms with Crippen LogP contribution in [-0.4, -0.2) is 30.1 Å². The summed E-state index contributed by atoms with van der Waals surface area (Å²) in [6, 6.07) is 10.0. The second kappa shape index (κ2) is 4.04. The Bertz CT molecular complexity index is 409. The lowest BCUT2D eigenvalue weighted by atomic mass is 10.2. The second-order valence-corrected chi connectivity index (χ2v) is 4.85. The minimum Gasteiger partial charge on any atom is -0.445 e. The Morgan fingerprint density at radius 1 is 1.29 bits per heavy atom. The van der Waals surface area contributed by atoms with Gasteiger partial charge in [0.25, 0.3) is 0 Å². The summed E-state index contributed by atoms with van der Waals surface area (Å²) in [4.78, 5) is 13.5. The molecule has 0 bridgehead atoms. The summed E-state index contributed by atoms with van der Waals surface area (Å²) in [5.74, 6) is 1.03. The van der Waals surface area contributed by atoms with Gasteiger partial charge in [-0.15, -0.1) is 0 Å². The van der Waals surface area contributed by atoms with Gasteiger partial charge in [0.1, 0.15) is 6.61 Å². The third kappa shape index (κ3) is 2.00. The molecule has 1 aliphatic carbocycles. The van der Waals surface area contributed by atoms with Crippen LogP contribution in [-0.2, 0) is 11.3 Å². The van der Waals surface area contributed by atoms with Gasteiger partial charge in [0.05, 0.1) is 0 Å². The fourth-order valence-corrected chi connectivity index (χ4v) is 2.53. The summed E-state index contributed by atoms with van der Waals surface area (Å²) in [5, 5.41) is 0. The van der Waals surface area contributed by atoms with E-state index in [2.05, 4.69) is 0 Å². The number of hydrogen-bond acceptors (Lipinski definition) is 3. The topological polar surface area (TPSA) is 55.6 Å². The van der Waals surface area contributed by atoms with Gasteiger partial charge in [-0.2, -0.15) is 0 Å². The zero-order chi connectivity index (χ0) is 11.8. The van der Waals surface area contributed by atoms with Crippen molar-refractivity contribution in [2.75, 3.05) is 13.1 Å².